The maximum Gasteiger partial charge on any atom is 0.311 e. The highest BCUT2D eigenvalue weighted by Gasteiger charge is 2.26. The Bertz CT molecular complexity index is 1350. The van der Waals surface area contributed by atoms with Gasteiger partial charge in [-0.3, -0.25) is 14.9 Å². The first-order valence-corrected chi connectivity index (χ1v) is 12.9. The fraction of sp³-hybridized carbons (Fsp3) is 0.167. The summed E-state index contributed by atoms with van der Waals surface area (Å²) in [4.78, 5) is 23.2. The molecule has 0 spiro atoms. The maximum absolute atomic E-state index is 13.3. The van der Waals surface area contributed by atoms with Crippen molar-refractivity contribution in [2.24, 2.45) is 5.10 Å². The molecule has 3 rings (SSSR count). The predicted molar refractivity (Wildman–Crippen MR) is 138 cm³/mol. The Morgan fingerprint density at radius 2 is 1.83 bits per heavy atom. The molecule has 0 heterocycles. The van der Waals surface area contributed by atoms with Crippen LogP contribution in [0.25, 0.3) is 0 Å². The van der Waals surface area contributed by atoms with Crippen LogP contribution in [0.5, 0.6) is 5.75 Å². The zero-order chi connectivity index (χ0) is 26.1. The van der Waals surface area contributed by atoms with Crippen molar-refractivity contribution >= 4 is 43.8 Å². The average molecular weight is 575 g/mol. The van der Waals surface area contributed by atoms with E-state index in [2.05, 4.69) is 26.5 Å². The molecule has 0 aliphatic heterocycles. The van der Waals surface area contributed by atoms with Gasteiger partial charge in [0.05, 0.1) is 29.7 Å². The normalized spacial score (nSPS) is 11.5. The van der Waals surface area contributed by atoms with Gasteiger partial charge in [0.1, 0.15) is 0 Å². The Morgan fingerprint density at radius 3 is 2.47 bits per heavy atom. The molecule has 0 aromatic heterocycles. The topological polar surface area (TPSA) is 131 Å². The van der Waals surface area contributed by atoms with Crippen molar-refractivity contribution in [2.75, 3.05) is 20.2 Å². The van der Waals surface area contributed by atoms with Gasteiger partial charge in [-0.25, -0.2) is 13.8 Å². The van der Waals surface area contributed by atoms with E-state index in [4.69, 9.17) is 4.74 Å². The Hall–Kier alpha value is -3.61. The van der Waals surface area contributed by atoms with Crippen molar-refractivity contribution in [1.82, 2.24) is 9.73 Å². The highest BCUT2D eigenvalue weighted by molar-refractivity contribution is 9.10. The molecule has 1 amide bonds. The van der Waals surface area contributed by atoms with Gasteiger partial charge in [-0.15, -0.1) is 0 Å². The summed E-state index contributed by atoms with van der Waals surface area (Å²) in [5.74, 6) is -0.573. The van der Waals surface area contributed by atoms with Crippen molar-refractivity contribution in [3.05, 3.63) is 98.5 Å². The third-order valence-corrected chi connectivity index (χ3v) is 7.45. The van der Waals surface area contributed by atoms with Crippen LogP contribution in [0.15, 0.2) is 87.3 Å². The van der Waals surface area contributed by atoms with Crippen LogP contribution in [0.3, 0.4) is 0 Å². The minimum absolute atomic E-state index is 0.0561. The number of sulfonamides is 1. The average Bonchev–Trinajstić information content (AvgIpc) is 2.87. The molecule has 3 aromatic carbocycles. The van der Waals surface area contributed by atoms with Crippen LogP contribution in [-0.2, 0) is 21.2 Å². The van der Waals surface area contributed by atoms with Gasteiger partial charge >= 0.3 is 5.69 Å². The van der Waals surface area contributed by atoms with Crippen LogP contribution in [-0.4, -0.2) is 50.0 Å². The number of methoxy groups -OCH3 is 1. The molecule has 0 atom stereocenters. The van der Waals surface area contributed by atoms with E-state index in [1.807, 2.05) is 30.3 Å². The summed E-state index contributed by atoms with van der Waals surface area (Å²) >= 11 is 3.29. The highest BCUT2D eigenvalue weighted by atomic mass is 79.9. The number of hydrogen-bond donors (Lipinski definition) is 1. The highest BCUT2D eigenvalue weighted by Crippen LogP contribution is 2.26. The van der Waals surface area contributed by atoms with Crippen LogP contribution < -0.4 is 10.2 Å². The van der Waals surface area contributed by atoms with Gasteiger partial charge in [-0.1, -0.05) is 46.3 Å². The lowest BCUT2D eigenvalue weighted by Crippen LogP contribution is -2.40. The van der Waals surface area contributed by atoms with E-state index in [1.165, 1.54) is 43.7 Å². The maximum atomic E-state index is 13.3. The van der Waals surface area contributed by atoms with E-state index in [-0.39, 0.29) is 22.9 Å². The van der Waals surface area contributed by atoms with E-state index >= 15 is 0 Å². The molecule has 0 fully saturated rings. The Kier molecular flexibility index (Phi) is 9.28. The van der Waals surface area contributed by atoms with Gasteiger partial charge in [0.15, 0.2) is 5.75 Å². The molecule has 0 aliphatic rings. The van der Waals surface area contributed by atoms with Crippen LogP contribution in [0, 0.1) is 10.1 Å². The van der Waals surface area contributed by atoms with Crippen LogP contribution in [0.1, 0.15) is 11.1 Å². The lowest BCUT2D eigenvalue weighted by molar-refractivity contribution is -0.385. The number of carbonyl (C=O) groups excluding carboxylic acids is 1. The van der Waals surface area contributed by atoms with Crippen molar-refractivity contribution in [1.29, 1.82) is 0 Å². The summed E-state index contributed by atoms with van der Waals surface area (Å²) in [6.07, 6.45) is 1.63. The van der Waals surface area contributed by atoms with E-state index in [1.54, 1.807) is 12.1 Å². The standard InChI is InChI=1S/C24H23BrN4O6S/c1-35-23-12-7-19(15-22(23)29(31)32)16-26-27-24(30)17-28(14-13-18-5-3-2-4-6-18)36(33,34)21-10-8-20(25)9-11-21/h2-12,15-16H,13-14,17H2,1H3,(H,27,30)/b26-16+. The van der Waals surface area contributed by atoms with Crippen molar-refractivity contribution < 1.29 is 22.9 Å². The monoisotopic (exact) mass is 574 g/mol. The molecule has 0 unspecified atom stereocenters. The van der Waals surface area contributed by atoms with Crippen LogP contribution in [0.4, 0.5) is 5.69 Å². The molecule has 10 nitrogen and oxygen atoms in total. The number of nitrogens with one attached hydrogen (secondary N) is 1. The van der Waals surface area contributed by atoms with Crippen molar-refractivity contribution in [3.63, 3.8) is 0 Å². The molecule has 0 aliphatic carbocycles. The van der Waals surface area contributed by atoms with Gasteiger partial charge in [0, 0.05) is 22.6 Å². The van der Waals surface area contributed by atoms with Gasteiger partial charge in [0.2, 0.25) is 10.0 Å². The van der Waals surface area contributed by atoms with Crippen LogP contribution >= 0.6 is 15.9 Å². The molecule has 0 saturated carbocycles. The molecule has 0 bridgehead atoms. The summed E-state index contributed by atoms with van der Waals surface area (Å²) in [6.45, 7) is -0.393. The number of hydrogen-bond acceptors (Lipinski definition) is 7. The minimum Gasteiger partial charge on any atom is -0.490 e. The molecule has 1 N–H and O–H groups in total. The third-order valence-electron chi connectivity index (χ3n) is 5.07. The largest absolute Gasteiger partial charge is 0.490 e. The Labute approximate surface area is 216 Å². The summed E-state index contributed by atoms with van der Waals surface area (Å²) in [6, 6.07) is 19.7. The number of rotatable bonds is 11. The minimum atomic E-state index is -3.97. The summed E-state index contributed by atoms with van der Waals surface area (Å²) in [7, 11) is -2.65. The second kappa shape index (κ2) is 12.4. The Balaban J connectivity index is 1.74. The lowest BCUT2D eigenvalue weighted by atomic mass is 10.1. The number of benzene rings is 3. The molecular weight excluding hydrogens is 552 g/mol. The smallest absolute Gasteiger partial charge is 0.311 e. The number of nitrogens with zero attached hydrogens (tertiary/aromatic N) is 3. The number of carbonyl (C=O) groups is 1. The number of halogens is 1. The number of ether oxygens (including phenoxy) is 1. The molecular formula is C24H23BrN4O6S. The number of hydrazone groups is 1. The molecule has 12 heteroatoms. The van der Waals surface area contributed by atoms with Gasteiger partial charge in [-0.05, 0) is 48.4 Å². The second-order valence-corrected chi connectivity index (χ2v) is 10.4. The molecule has 3 aromatic rings. The SMILES string of the molecule is COc1ccc(/C=N/NC(=O)CN(CCc2ccccc2)S(=O)(=O)c2ccc(Br)cc2)cc1[N+](=O)[O-]. The predicted octanol–water partition coefficient (Wildman–Crippen LogP) is 3.75. The summed E-state index contributed by atoms with van der Waals surface area (Å²) in [5, 5.41) is 15.0. The molecule has 0 saturated heterocycles. The lowest BCUT2D eigenvalue weighted by Gasteiger charge is -2.21. The first-order chi connectivity index (χ1) is 17.2. The van der Waals surface area contributed by atoms with Gasteiger partial charge in [0.25, 0.3) is 5.91 Å². The van der Waals surface area contributed by atoms with E-state index in [0.717, 1.165) is 14.3 Å². The second-order valence-electron chi connectivity index (χ2n) is 7.51. The van der Waals surface area contributed by atoms with Gasteiger partial charge in [-0.2, -0.15) is 9.41 Å². The van der Waals surface area contributed by atoms with E-state index < -0.39 is 27.4 Å². The third kappa shape index (κ3) is 7.20. The zero-order valence-electron chi connectivity index (χ0n) is 19.2. The zero-order valence-corrected chi connectivity index (χ0v) is 21.6. The van der Waals surface area contributed by atoms with Crippen molar-refractivity contribution in [3.8, 4) is 5.75 Å². The summed E-state index contributed by atoms with van der Waals surface area (Å²) in [5.41, 5.74) is 3.31. The van der Waals surface area contributed by atoms with E-state index in [9.17, 15) is 23.3 Å². The molecule has 188 valence electrons. The Morgan fingerprint density at radius 1 is 1.14 bits per heavy atom. The fourth-order valence-electron chi connectivity index (χ4n) is 3.24. The first-order valence-electron chi connectivity index (χ1n) is 10.6. The first kappa shape index (κ1) is 27.0. The number of nitro groups is 1. The molecule has 36 heavy (non-hydrogen) atoms. The number of nitro benzene ring substituents is 1. The quantitative estimate of drug-likeness (QED) is 0.211. The van der Waals surface area contributed by atoms with Gasteiger partial charge < -0.3 is 4.74 Å². The van der Waals surface area contributed by atoms with E-state index in [0.29, 0.717) is 12.0 Å². The van der Waals surface area contributed by atoms with Crippen LogP contribution in [0.2, 0.25) is 0 Å². The summed E-state index contributed by atoms with van der Waals surface area (Å²) < 4.78 is 33.3. The number of amides is 1. The van der Waals surface area contributed by atoms with Crippen molar-refractivity contribution in [2.45, 2.75) is 11.3 Å². The molecule has 0 radical (unpaired) electrons. The fourth-order valence-corrected chi connectivity index (χ4v) is 4.90.